The van der Waals surface area contributed by atoms with Crippen LogP contribution in [0.15, 0.2) is 28.7 Å². The lowest BCUT2D eigenvalue weighted by Crippen LogP contribution is -2.15. The summed E-state index contributed by atoms with van der Waals surface area (Å²) < 4.78 is 3.18. The maximum atomic E-state index is 12.5. The Morgan fingerprint density at radius 2 is 1.91 bits per heavy atom. The van der Waals surface area contributed by atoms with E-state index in [1.165, 1.54) is 5.56 Å². The second kappa shape index (κ2) is 6.69. The van der Waals surface area contributed by atoms with Gasteiger partial charge in [-0.25, -0.2) is 0 Å². The van der Waals surface area contributed by atoms with Crippen molar-refractivity contribution >= 4 is 27.4 Å². The third-order valence-electron chi connectivity index (χ3n) is 3.87. The molecule has 0 atom stereocenters. The molecule has 0 spiro atoms. The number of carbonyl (C=O) groups is 1. The summed E-state index contributed by atoms with van der Waals surface area (Å²) in [5.41, 5.74) is 5.11. The molecule has 2 aromatic rings. The predicted octanol–water partition coefficient (Wildman–Crippen LogP) is 5.05. The van der Waals surface area contributed by atoms with Crippen LogP contribution in [-0.2, 0) is 0 Å². The highest BCUT2D eigenvalue weighted by Gasteiger charge is 2.17. The minimum absolute atomic E-state index is 0.118. The quantitative estimate of drug-likeness (QED) is 0.754. The van der Waals surface area contributed by atoms with Crippen molar-refractivity contribution in [3.8, 4) is 0 Å². The van der Waals surface area contributed by atoms with Crippen LogP contribution in [0.2, 0.25) is 0 Å². The fourth-order valence-corrected chi connectivity index (χ4v) is 3.52. The molecule has 1 aromatic carbocycles. The normalized spacial score (nSPS) is 11.0. The summed E-state index contributed by atoms with van der Waals surface area (Å²) in [6, 6.07) is 8.41. The van der Waals surface area contributed by atoms with Crippen LogP contribution in [0.4, 0.5) is 5.69 Å². The molecule has 22 heavy (non-hydrogen) atoms. The van der Waals surface area contributed by atoms with Gasteiger partial charge in [-0.1, -0.05) is 6.07 Å². The molecule has 1 N–H and O–H groups in total. The standard InChI is InChI=1S/C18H23BrN2O/c1-11(2)21-13(4)9-15(14(21)5)18(22)10-20-17-7-6-12(3)8-16(17)19/h6-9,11,20H,10H2,1-5H3. The fourth-order valence-electron chi connectivity index (χ4n) is 2.89. The Morgan fingerprint density at radius 3 is 2.45 bits per heavy atom. The van der Waals surface area contributed by atoms with E-state index in [9.17, 15) is 4.79 Å². The lowest BCUT2D eigenvalue weighted by Gasteiger charge is -2.14. The van der Waals surface area contributed by atoms with Crippen LogP contribution in [0, 0.1) is 20.8 Å². The summed E-state index contributed by atoms with van der Waals surface area (Å²) in [4.78, 5) is 12.5. The third-order valence-corrected chi connectivity index (χ3v) is 4.52. The molecule has 4 heteroatoms. The number of nitrogens with zero attached hydrogens (tertiary/aromatic N) is 1. The molecule has 3 nitrogen and oxygen atoms in total. The summed E-state index contributed by atoms with van der Waals surface area (Å²) in [7, 11) is 0. The van der Waals surface area contributed by atoms with Crippen molar-refractivity contribution in [2.75, 3.05) is 11.9 Å². The van der Waals surface area contributed by atoms with Crippen molar-refractivity contribution in [1.82, 2.24) is 4.57 Å². The highest BCUT2D eigenvalue weighted by molar-refractivity contribution is 9.10. The van der Waals surface area contributed by atoms with Crippen LogP contribution >= 0.6 is 15.9 Å². The first-order valence-electron chi connectivity index (χ1n) is 7.53. The second-order valence-electron chi connectivity index (χ2n) is 6.01. The lowest BCUT2D eigenvalue weighted by molar-refractivity contribution is 0.101. The van der Waals surface area contributed by atoms with Crippen molar-refractivity contribution in [3.63, 3.8) is 0 Å². The smallest absolute Gasteiger partial charge is 0.183 e. The number of hydrogen-bond donors (Lipinski definition) is 1. The predicted molar refractivity (Wildman–Crippen MR) is 96.0 cm³/mol. The summed E-state index contributed by atoms with van der Waals surface area (Å²) >= 11 is 3.52. The Balaban J connectivity index is 2.15. The van der Waals surface area contributed by atoms with Crippen LogP contribution < -0.4 is 5.32 Å². The SMILES string of the molecule is Cc1ccc(NCC(=O)c2cc(C)n(C(C)C)c2C)c(Br)c1. The van der Waals surface area contributed by atoms with Gasteiger partial charge in [0.2, 0.25) is 0 Å². The van der Waals surface area contributed by atoms with Gasteiger partial charge in [-0.2, -0.15) is 0 Å². The van der Waals surface area contributed by atoms with E-state index in [0.29, 0.717) is 12.6 Å². The van der Waals surface area contributed by atoms with Gasteiger partial charge in [0, 0.05) is 33.2 Å². The number of aromatic nitrogens is 1. The Hall–Kier alpha value is -1.55. The first kappa shape index (κ1) is 16.8. The zero-order valence-electron chi connectivity index (χ0n) is 13.8. The van der Waals surface area contributed by atoms with Gasteiger partial charge in [-0.15, -0.1) is 0 Å². The number of aryl methyl sites for hydroxylation is 2. The maximum absolute atomic E-state index is 12.5. The first-order chi connectivity index (χ1) is 10.3. The van der Waals surface area contributed by atoms with E-state index >= 15 is 0 Å². The molecular formula is C18H23BrN2O. The fraction of sp³-hybridized carbons (Fsp3) is 0.389. The van der Waals surface area contributed by atoms with Gasteiger partial charge in [-0.05, 0) is 74.3 Å². The van der Waals surface area contributed by atoms with Crippen LogP contribution in [0.5, 0.6) is 0 Å². The zero-order chi connectivity index (χ0) is 16.4. The minimum Gasteiger partial charge on any atom is -0.377 e. The van der Waals surface area contributed by atoms with Crippen molar-refractivity contribution in [2.24, 2.45) is 0 Å². The molecular weight excluding hydrogens is 340 g/mol. The average Bonchev–Trinajstić information content (AvgIpc) is 2.72. The van der Waals surface area contributed by atoms with Gasteiger partial charge in [0.25, 0.3) is 0 Å². The highest BCUT2D eigenvalue weighted by Crippen LogP contribution is 2.24. The highest BCUT2D eigenvalue weighted by atomic mass is 79.9. The van der Waals surface area contributed by atoms with Crippen LogP contribution in [-0.4, -0.2) is 16.9 Å². The Labute approximate surface area is 140 Å². The zero-order valence-corrected chi connectivity index (χ0v) is 15.4. The summed E-state index contributed by atoms with van der Waals surface area (Å²) in [5, 5.41) is 3.22. The van der Waals surface area contributed by atoms with Gasteiger partial charge in [0.15, 0.2) is 5.78 Å². The molecule has 1 aromatic heterocycles. The second-order valence-corrected chi connectivity index (χ2v) is 6.86. The van der Waals surface area contributed by atoms with Gasteiger partial charge in [0.1, 0.15) is 0 Å². The lowest BCUT2D eigenvalue weighted by atomic mass is 10.1. The summed E-state index contributed by atoms with van der Waals surface area (Å²) in [6.07, 6.45) is 0. The summed E-state index contributed by atoms with van der Waals surface area (Å²) in [6.45, 7) is 10.7. The van der Waals surface area contributed by atoms with E-state index < -0.39 is 0 Å². The summed E-state index contributed by atoms with van der Waals surface area (Å²) in [5.74, 6) is 0.118. The van der Waals surface area contributed by atoms with Crippen LogP contribution in [0.3, 0.4) is 0 Å². The molecule has 0 aliphatic carbocycles. The van der Waals surface area contributed by atoms with E-state index in [0.717, 1.165) is 27.1 Å². The first-order valence-corrected chi connectivity index (χ1v) is 8.32. The maximum Gasteiger partial charge on any atom is 0.183 e. The topological polar surface area (TPSA) is 34.0 Å². The van der Waals surface area contributed by atoms with Crippen molar-refractivity contribution in [3.05, 3.63) is 51.3 Å². The number of benzene rings is 1. The average molecular weight is 363 g/mol. The number of Topliss-reactive ketones (excluding diaryl/α,β-unsaturated/α-hetero) is 1. The van der Waals surface area contributed by atoms with Crippen molar-refractivity contribution < 1.29 is 4.79 Å². The van der Waals surface area contributed by atoms with Crippen LogP contribution in [0.25, 0.3) is 0 Å². The van der Waals surface area contributed by atoms with Gasteiger partial charge < -0.3 is 9.88 Å². The largest absolute Gasteiger partial charge is 0.377 e. The number of ketones is 1. The Kier molecular flexibility index (Phi) is 5.12. The molecule has 0 bridgehead atoms. The molecule has 0 saturated carbocycles. The minimum atomic E-state index is 0.118. The van der Waals surface area contributed by atoms with E-state index in [2.05, 4.69) is 39.7 Å². The number of nitrogens with one attached hydrogen (secondary N) is 1. The van der Waals surface area contributed by atoms with E-state index in [1.807, 2.05) is 45.0 Å². The molecule has 0 amide bonds. The van der Waals surface area contributed by atoms with E-state index in [1.54, 1.807) is 0 Å². The number of anilines is 1. The van der Waals surface area contributed by atoms with Crippen molar-refractivity contribution in [2.45, 2.75) is 40.7 Å². The van der Waals surface area contributed by atoms with Crippen LogP contribution in [0.1, 0.15) is 47.2 Å². The molecule has 0 aliphatic rings. The molecule has 0 unspecified atom stereocenters. The number of halogens is 1. The van der Waals surface area contributed by atoms with Gasteiger partial charge in [0.05, 0.1) is 6.54 Å². The molecule has 0 aliphatic heterocycles. The monoisotopic (exact) mass is 362 g/mol. The van der Waals surface area contributed by atoms with Gasteiger partial charge in [-0.3, -0.25) is 4.79 Å². The Morgan fingerprint density at radius 1 is 1.23 bits per heavy atom. The Bertz CT molecular complexity index is 701. The third kappa shape index (κ3) is 3.43. The molecule has 118 valence electrons. The van der Waals surface area contributed by atoms with E-state index in [4.69, 9.17) is 0 Å². The van der Waals surface area contributed by atoms with Gasteiger partial charge >= 0.3 is 0 Å². The van der Waals surface area contributed by atoms with Crippen molar-refractivity contribution in [1.29, 1.82) is 0 Å². The number of hydrogen-bond acceptors (Lipinski definition) is 2. The number of carbonyl (C=O) groups excluding carboxylic acids is 1. The molecule has 0 radical (unpaired) electrons. The molecule has 1 heterocycles. The van der Waals surface area contributed by atoms with E-state index in [-0.39, 0.29) is 5.78 Å². The molecule has 0 saturated heterocycles. The number of rotatable bonds is 5. The molecule has 0 fully saturated rings. The molecule has 2 rings (SSSR count).